The normalized spacial score (nSPS) is 19.3. The highest BCUT2D eigenvalue weighted by Gasteiger charge is 2.25. The van der Waals surface area contributed by atoms with Crippen molar-refractivity contribution in [2.45, 2.75) is 12.6 Å². The third-order valence-corrected chi connectivity index (χ3v) is 3.81. The van der Waals surface area contributed by atoms with E-state index in [9.17, 15) is 4.79 Å². The SMILES string of the molecule is COc1c(CNC(=O)C2CN(C)CCO2)oc2ccccc12. The van der Waals surface area contributed by atoms with Crippen molar-refractivity contribution in [3.8, 4) is 5.75 Å². The Balaban J connectivity index is 1.69. The summed E-state index contributed by atoms with van der Waals surface area (Å²) >= 11 is 0. The Morgan fingerprint density at radius 1 is 1.45 bits per heavy atom. The number of nitrogens with one attached hydrogen (secondary N) is 1. The lowest BCUT2D eigenvalue weighted by atomic mass is 10.2. The van der Waals surface area contributed by atoms with Crippen LogP contribution in [0, 0.1) is 0 Å². The average molecular weight is 304 g/mol. The van der Waals surface area contributed by atoms with Crippen LogP contribution >= 0.6 is 0 Å². The maximum atomic E-state index is 12.2. The fourth-order valence-electron chi connectivity index (χ4n) is 2.63. The summed E-state index contributed by atoms with van der Waals surface area (Å²) in [6.07, 6.45) is -0.436. The molecule has 2 aromatic rings. The minimum atomic E-state index is -0.436. The summed E-state index contributed by atoms with van der Waals surface area (Å²) in [4.78, 5) is 14.3. The minimum Gasteiger partial charge on any atom is -0.492 e. The number of carbonyl (C=O) groups is 1. The minimum absolute atomic E-state index is 0.131. The zero-order chi connectivity index (χ0) is 15.5. The van der Waals surface area contributed by atoms with Crippen molar-refractivity contribution in [3.05, 3.63) is 30.0 Å². The Hall–Kier alpha value is -2.05. The van der Waals surface area contributed by atoms with E-state index in [1.807, 2.05) is 31.3 Å². The van der Waals surface area contributed by atoms with Crippen molar-refractivity contribution in [1.82, 2.24) is 10.2 Å². The molecule has 1 atom stereocenters. The molecule has 0 saturated carbocycles. The van der Waals surface area contributed by atoms with Gasteiger partial charge in [0.25, 0.3) is 5.91 Å². The highest BCUT2D eigenvalue weighted by Crippen LogP contribution is 2.32. The first-order valence-corrected chi connectivity index (χ1v) is 7.31. The Morgan fingerprint density at radius 2 is 2.27 bits per heavy atom. The quantitative estimate of drug-likeness (QED) is 0.925. The van der Waals surface area contributed by atoms with Gasteiger partial charge < -0.3 is 24.1 Å². The van der Waals surface area contributed by atoms with Crippen LogP contribution in [-0.2, 0) is 16.1 Å². The van der Waals surface area contributed by atoms with Crippen LogP contribution in [0.15, 0.2) is 28.7 Å². The molecular formula is C16H20N2O4. The molecule has 0 spiro atoms. The molecule has 1 saturated heterocycles. The maximum absolute atomic E-state index is 12.2. The van der Waals surface area contributed by atoms with Gasteiger partial charge in [-0.15, -0.1) is 0 Å². The highest BCUT2D eigenvalue weighted by atomic mass is 16.5. The van der Waals surface area contributed by atoms with Crippen molar-refractivity contribution >= 4 is 16.9 Å². The molecule has 1 amide bonds. The number of nitrogens with zero attached hydrogens (tertiary/aromatic N) is 1. The molecule has 1 aliphatic rings. The van der Waals surface area contributed by atoms with Gasteiger partial charge in [-0.1, -0.05) is 12.1 Å². The molecule has 2 heterocycles. The molecule has 0 aliphatic carbocycles. The number of para-hydroxylation sites is 1. The van der Waals surface area contributed by atoms with Crippen LogP contribution in [0.1, 0.15) is 5.76 Å². The van der Waals surface area contributed by atoms with Crippen molar-refractivity contribution in [2.24, 2.45) is 0 Å². The van der Waals surface area contributed by atoms with Gasteiger partial charge in [0.2, 0.25) is 0 Å². The zero-order valence-corrected chi connectivity index (χ0v) is 12.8. The lowest BCUT2D eigenvalue weighted by molar-refractivity contribution is -0.138. The summed E-state index contributed by atoms with van der Waals surface area (Å²) in [5, 5.41) is 3.77. The van der Waals surface area contributed by atoms with E-state index in [1.54, 1.807) is 7.11 Å². The summed E-state index contributed by atoms with van der Waals surface area (Å²) in [7, 11) is 3.58. The predicted molar refractivity (Wildman–Crippen MR) is 81.8 cm³/mol. The molecule has 3 rings (SSSR count). The molecule has 1 aliphatic heterocycles. The molecule has 1 N–H and O–H groups in total. The Kier molecular flexibility index (Phi) is 4.31. The average Bonchev–Trinajstić information content (AvgIpc) is 2.90. The van der Waals surface area contributed by atoms with Crippen LogP contribution in [0.3, 0.4) is 0 Å². The molecule has 1 aromatic carbocycles. The third-order valence-electron chi connectivity index (χ3n) is 3.81. The Morgan fingerprint density at radius 3 is 3.05 bits per heavy atom. The Labute approximate surface area is 129 Å². The van der Waals surface area contributed by atoms with Gasteiger partial charge in [-0.3, -0.25) is 4.79 Å². The van der Waals surface area contributed by atoms with E-state index in [0.29, 0.717) is 24.7 Å². The summed E-state index contributed by atoms with van der Waals surface area (Å²) in [5.74, 6) is 1.15. The smallest absolute Gasteiger partial charge is 0.250 e. The van der Waals surface area contributed by atoms with Crippen LogP contribution < -0.4 is 10.1 Å². The lowest BCUT2D eigenvalue weighted by Gasteiger charge is -2.28. The van der Waals surface area contributed by atoms with Crippen LogP contribution in [0.4, 0.5) is 0 Å². The molecule has 1 unspecified atom stereocenters. The van der Waals surface area contributed by atoms with Gasteiger partial charge in [0.05, 0.1) is 25.6 Å². The van der Waals surface area contributed by atoms with Gasteiger partial charge in [-0.05, 0) is 19.2 Å². The number of rotatable bonds is 4. The van der Waals surface area contributed by atoms with Gasteiger partial charge in [0.15, 0.2) is 11.5 Å². The molecule has 118 valence electrons. The van der Waals surface area contributed by atoms with Gasteiger partial charge in [0, 0.05) is 13.1 Å². The number of amides is 1. The van der Waals surface area contributed by atoms with E-state index in [2.05, 4.69) is 10.2 Å². The third kappa shape index (κ3) is 2.93. The lowest BCUT2D eigenvalue weighted by Crippen LogP contribution is -2.48. The van der Waals surface area contributed by atoms with E-state index in [1.165, 1.54) is 0 Å². The molecule has 6 nitrogen and oxygen atoms in total. The number of furan rings is 1. The highest BCUT2D eigenvalue weighted by molar-refractivity contribution is 5.86. The number of methoxy groups -OCH3 is 1. The maximum Gasteiger partial charge on any atom is 0.250 e. The standard InChI is InChI=1S/C16H20N2O4/c1-18-7-8-21-14(10-18)16(19)17-9-13-15(20-2)11-5-3-4-6-12(11)22-13/h3-6,14H,7-10H2,1-2H3,(H,17,19). The summed E-state index contributed by atoms with van der Waals surface area (Å²) in [6, 6.07) is 7.64. The molecule has 6 heteroatoms. The van der Waals surface area contributed by atoms with E-state index in [4.69, 9.17) is 13.9 Å². The second-order valence-corrected chi connectivity index (χ2v) is 5.39. The van der Waals surface area contributed by atoms with Crippen LogP contribution in [0.5, 0.6) is 5.75 Å². The molecule has 1 aromatic heterocycles. The first kappa shape index (κ1) is 14.9. The van der Waals surface area contributed by atoms with Gasteiger partial charge in [-0.2, -0.15) is 0 Å². The molecular weight excluding hydrogens is 284 g/mol. The van der Waals surface area contributed by atoms with Crippen molar-refractivity contribution in [2.75, 3.05) is 33.9 Å². The molecule has 0 radical (unpaired) electrons. The van der Waals surface area contributed by atoms with E-state index in [-0.39, 0.29) is 12.5 Å². The number of fused-ring (bicyclic) bond motifs is 1. The summed E-state index contributed by atoms with van der Waals surface area (Å²) < 4.78 is 16.7. The van der Waals surface area contributed by atoms with Crippen molar-refractivity contribution in [3.63, 3.8) is 0 Å². The van der Waals surface area contributed by atoms with Crippen molar-refractivity contribution in [1.29, 1.82) is 0 Å². The first-order valence-electron chi connectivity index (χ1n) is 7.31. The molecule has 0 bridgehead atoms. The fraction of sp³-hybridized carbons (Fsp3) is 0.438. The van der Waals surface area contributed by atoms with Crippen LogP contribution in [0.25, 0.3) is 11.0 Å². The van der Waals surface area contributed by atoms with Crippen LogP contribution in [0.2, 0.25) is 0 Å². The number of hydrogen-bond acceptors (Lipinski definition) is 5. The Bertz CT molecular complexity index is 667. The van der Waals surface area contributed by atoms with Gasteiger partial charge in [-0.25, -0.2) is 0 Å². The number of morpholine rings is 1. The summed E-state index contributed by atoms with van der Waals surface area (Å²) in [6.45, 7) is 2.30. The van der Waals surface area contributed by atoms with Crippen molar-refractivity contribution < 1.29 is 18.7 Å². The number of hydrogen-bond donors (Lipinski definition) is 1. The monoisotopic (exact) mass is 304 g/mol. The summed E-state index contributed by atoms with van der Waals surface area (Å²) in [5.41, 5.74) is 0.747. The zero-order valence-electron chi connectivity index (χ0n) is 12.8. The largest absolute Gasteiger partial charge is 0.492 e. The number of ether oxygens (including phenoxy) is 2. The fourth-order valence-corrected chi connectivity index (χ4v) is 2.63. The topological polar surface area (TPSA) is 63.9 Å². The second kappa shape index (κ2) is 6.37. The number of likely N-dealkylation sites (N-methyl/N-ethyl adjacent to an activating group) is 1. The first-order chi connectivity index (χ1) is 10.7. The predicted octanol–water partition coefficient (Wildman–Crippen LogP) is 1.39. The van der Waals surface area contributed by atoms with E-state index >= 15 is 0 Å². The molecule has 22 heavy (non-hydrogen) atoms. The van der Waals surface area contributed by atoms with Crippen LogP contribution in [-0.4, -0.2) is 50.8 Å². The van der Waals surface area contributed by atoms with E-state index in [0.717, 1.165) is 17.5 Å². The van der Waals surface area contributed by atoms with E-state index < -0.39 is 6.10 Å². The second-order valence-electron chi connectivity index (χ2n) is 5.39. The number of carbonyl (C=O) groups excluding carboxylic acids is 1. The van der Waals surface area contributed by atoms with Gasteiger partial charge in [0.1, 0.15) is 11.7 Å². The van der Waals surface area contributed by atoms with Gasteiger partial charge >= 0.3 is 0 Å². The number of benzene rings is 1. The molecule has 1 fully saturated rings.